The monoisotopic (exact) mass is 416 g/mol. The summed E-state index contributed by atoms with van der Waals surface area (Å²) in [6, 6.07) is 13.8. The molecule has 2 aromatic carbocycles. The van der Waals surface area contributed by atoms with Crippen LogP contribution in [0.2, 0.25) is 0 Å². The molecule has 1 heterocycles. The SMILES string of the molecule is Cc1ccccc1O[C@@H](C)C(=O)Nc1ccc(S(=O)(=O)N2CCC(C)CC2)cc1. The molecule has 2 aromatic rings. The van der Waals surface area contributed by atoms with Gasteiger partial charge in [0.2, 0.25) is 10.0 Å². The maximum absolute atomic E-state index is 12.8. The summed E-state index contributed by atoms with van der Waals surface area (Å²) in [7, 11) is -3.50. The smallest absolute Gasteiger partial charge is 0.265 e. The third kappa shape index (κ3) is 5.16. The average molecular weight is 417 g/mol. The second kappa shape index (κ2) is 8.97. The van der Waals surface area contributed by atoms with Crippen molar-refractivity contribution in [2.75, 3.05) is 18.4 Å². The first-order chi connectivity index (χ1) is 13.8. The Morgan fingerprint density at radius 3 is 2.34 bits per heavy atom. The molecule has 0 unspecified atom stereocenters. The van der Waals surface area contributed by atoms with Crippen molar-refractivity contribution >= 4 is 21.6 Å². The molecule has 7 heteroatoms. The quantitative estimate of drug-likeness (QED) is 0.777. The lowest BCUT2D eigenvalue weighted by Gasteiger charge is -2.29. The average Bonchev–Trinajstić information content (AvgIpc) is 2.70. The van der Waals surface area contributed by atoms with Crippen LogP contribution in [0.1, 0.15) is 32.3 Å². The van der Waals surface area contributed by atoms with Crippen LogP contribution in [0.15, 0.2) is 53.4 Å². The predicted octanol–water partition coefficient (Wildman–Crippen LogP) is 3.82. The molecule has 1 saturated heterocycles. The summed E-state index contributed by atoms with van der Waals surface area (Å²) < 4.78 is 32.8. The molecule has 1 atom stereocenters. The first-order valence-corrected chi connectivity index (χ1v) is 11.3. The fraction of sp³-hybridized carbons (Fsp3) is 0.409. The van der Waals surface area contributed by atoms with Gasteiger partial charge < -0.3 is 10.1 Å². The number of benzene rings is 2. The van der Waals surface area contributed by atoms with Gasteiger partial charge in [0.1, 0.15) is 5.75 Å². The van der Waals surface area contributed by atoms with Crippen molar-refractivity contribution in [1.82, 2.24) is 4.31 Å². The van der Waals surface area contributed by atoms with Crippen LogP contribution in [-0.2, 0) is 14.8 Å². The third-order valence-corrected chi connectivity index (χ3v) is 7.18. The second-order valence-electron chi connectivity index (χ2n) is 7.63. The molecule has 1 amide bonds. The number of hydrogen-bond donors (Lipinski definition) is 1. The van der Waals surface area contributed by atoms with Gasteiger partial charge in [-0.25, -0.2) is 8.42 Å². The Kier molecular flexibility index (Phi) is 6.59. The number of rotatable bonds is 6. The van der Waals surface area contributed by atoms with Gasteiger partial charge in [-0.15, -0.1) is 0 Å². The van der Waals surface area contributed by atoms with E-state index >= 15 is 0 Å². The molecule has 1 fully saturated rings. The van der Waals surface area contributed by atoms with E-state index in [9.17, 15) is 13.2 Å². The van der Waals surface area contributed by atoms with Gasteiger partial charge in [-0.1, -0.05) is 25.1 Å². The molecule has 0 spiro atoms. The Labute approximate surface area is 172 Å². The number of hydrogen-bond acceptors (Lipinski definition) is 4. The number of piperidine rings is 1. The van der Waals surface area contributed by atoms with Crippen molar-refractivity contribution in [3.63, 3.8) is 0 Å². The minimum absolute atomic E-state index is 0.245. The van der Waals surface area contributed by atoms with Crippen LogP contribution in [0.4, 0.5) is 5.69 Å². The Morgan fingerprint density at radius 2 is 1.72 bits per heavy atom. The van der Waals surface area contributed by atoms with Crippen molar-refractivity contribution < 1.29 is 17.9 Å². The Hall–Kier alpha value is -2.38. The number of aryl methyl sites for hydroxylation is 1. The van der Waals surface area contributed by atoms with E-state index in [-0.39, 0.29) is 10.8 Å². The minimum atomic E-state index is -3.50. The molecular formula is C22H28N2O4S. The van der Waals surface area contributed by atoms with Gasteiger partial charge in [0.15, 0.2) is 6.10 Å². The highest BCUT2D eigenvalue weighted by molar-refractivity contribution is 7.89. The lowest BCUT2D eigenvalue weighted by Crippen LogP contribution is -2.37. The fourth-order valence-electron chi connectivity index (χ4n) is 3.26. The summed E-state index contributed by atoms with van der Waals surface area (Å²) in [6.07, 6.45) is 1.08. The van der Waals surface area contributed by atoms with Crippen molar-refractivity contribution in [2.24, 2.45) is 5.92 Å². The predicted molar refractivity (Wildman–Crippen MR) is 113 cm³/mol. The normalized spacial score (nSPS) is 16.9. The van der Waals surface area contributed by atoms with Crippen LogP contribution < -0.4 is 10.1 Å². The summed E-state index contributed by atoms with van der Waals surface area (Å²) in [4.78, 5) is 12.7. The van der Waals surface area contributed by atoms with Gasteiger partial charge >= 0.3 is 0 Å². The van der Waals surface area contributed by atoms with E-state index in [1.807, 2.05) is 31.2 Å². The van der Waals surface area contributed by atoms with Crippen LogP contribution in [-0.4, -0.2) is 37.8 Å². The summed E-state index contributed by atoms with van der Waals surface area (Å²) in [5.41, 5.74) is 1.48. The van der Waals surface area contributed by atoms with E-state index in [2.05, 4.69) is 12.2 Å². The summed E-state index contributed by atoms with van der Waals surface area (Å²) >= 11 is 0. The fourth-order valence-corrected chi connectivity index (χ4v) is 4.73. The lowest BCUT2D eigenvalue weighted by molar-refractivity contribution is -0.122. The van der Waals surface area contributed by atoms with Crippen LogP contribution in [0.5, 0.6) is 5.75 Å². The topological polar surface area (TPSA) is 75.7 Å². The standard InChI is InChI=1S/C22H28N2O4S/c1-16-12-14-24(15-13-16)29(26,27)20-10-8-19(9-11-20)23-22(25)18(3)28-21-7-5-4-6-17(21)2/h4-11,16,18H,12-15H2,1-3H3,(H,23,25)/t18-/m0/s1. The number of para-hydroxylation sites is 1. The molecule has 1 aliphatic heterocycles. The van der Waals surface area contributed by atoms with E-state index in [1.54, 1.807) is 23.4 Å². The summed E-state index contributed by atoms with van der Waals surface area (Å²) in [5, 5.41) is 2.77. The number of ether oxygens (including phenoxy) is 1. The molecule has 156 valence electrons. The molecule has 0 radical (unpaired) electrons. The van der Waals surface area contributed by atoms with Gasteiger partial charge in [-0.05, 0) is 68.5 Å². The van der Waals surface area contributed by atoms with E-state index in [1.165, 1.54) is 12.1 Å². The summed E-state index contributed by atoms with van der Waals surface area (Å²) in [6.45, 7) is 6.84. The highest BCUT2D eigenvalue weighted by atomic mass is 32.2. The van der Waals surface area contributed by atoms with E-state index in [4.69, 9.17) is 4.74 Å². The molecule has 29 heavy (non-hydrogen) atoms. The number of nitrogens with zero attached hydrogens (tertiary/aromatic N) is 1. The summed E-state index contributed by atoms with van der Waals surface area (Å²) in [5.74, 6) is 0.921. The van der Waals surface area contributed by atoms with E-state index in [0.717, 1.165) is 18.4 Å². The Morgan fingerprint density at radius 1 is 1.10 bits per heavy atom. The van der Waals surface area contributed by atoms with Crippen molar-refractivity contribution in [3.05, 3.63) is 54.1 Å². The Bertz CT molecular complexity index is 949. The number of amides is 1. The number of carbonyl (C=O) groups is 1. The largest absolute Gasteiger partial charge is 0.481 e. The maximum Gasteiger partial charge on any atom is 0.265 e. The molecule has 3 rings (SSSR count). The number of sulfonamides is 1. The molecule has 1 aliphatic rings. The molecule has 6 nitrogen and oxygen atoms in total. The number of nitrogens with one attached hydrogen (secondary N) is 1. The van der Waals surface area contributed by atoms with Crippen molar-refractivity contribution in [2.45, 2.75) is 44.6 Å². The number of anilines is 1. The molecule has 0 saturated carbocycles. The molecule has 0 aliphatic carbocycles. The zero-order chi connectivity index (χ0) is 21.0. The minimum Gasteiger partial charge on any atom is -0.481 e. The van der Waals surface area contributed by atoms with Gasteiger partial charge in [0.25, 0.3) is 5.91 Å². The zero-order valence-corrected chi connectivity index (χ0v) is 17.9. The molecule has 0 bridgehead atoms. The van der Waals surface area contributed by atoms with Crippen LogP contribution in [0.3, 0.4) is 0 Å². The van der Waals surface area contributed by atoms with Crippen LogP contribution in [0, 0.1) is 12.8 Å². The van der Waals surface area contributed by atoms with Gasteiger partial charge in [0.05, 0.1) is 4.90 Å². The Balaban J connectivity index is 1.62. The van der Waals surface area contributed by atoms with Crippen molar-refractivity contribution in [3.8, 4) is 5.75 Å². The first-order valence-electron chi connectivity index (χ1n) is 9.91. The van der Waals surface area contributed by atoms with Gasteiger partial charge in [-0.3, -0.25) is 4.79 Å². The van der Waals surface area contributed by atoms with E-state index < -0.39 is 16.1 Å². The highest BCUT2D eigenvalue weighted by Crippen LogP contribution is 2.24. The highest BCUT2D eigenvalue weighted by Gasteiger charge is 2.28. The van der Waals surface area contributed by atoms with Crippen LogP contribution >= 0.6 is 0 Å². The lowest BCUT2D eigenvalue weighted by atomic mass is 10.0. The first kappa shape index (κ1) is 21.3. The molecular weight excluding hydrogens is 388 g/mol. The maximum atomic E-state index is 12.8. The second-order valence-corrected chi connectivity index (χ2v) is 9.56. The van der Waals surface area contributed by atoms with Gasteiger partial charge in [0, 0.05) is 18.8 Å². The van der Waals surface area contributed by atoms with Crippen LogP contribution in [0.25, 0.3) is 0 Å². The van der Waals surface area contributed by atoms with Gasteiger partial charge in [-0.2, -0.15) is 4.31 Å². The molecule has 0 aromatic heterocycles. The number of carbonyl (C=O) groups excluding carboxylic acids is 1. The van der Waals surface area contributed by atoms with E-state index in [0.29, 0.717) is 30.4 Å². The zero-order valence-electron chi connectivity index (χ0n) is 17.1. The third-order valence-electron chi connectivity index (χ3n) is 5.27. The van der Waals surface area contributed by atoms with Crippen molar-refractivity contribution in [1.29, 1.82) is 0 Å². The molecule has 1 N–H and O–H groups in total.